The van der Waals surface area contributed by atoms with Gasteiger partial charge in [-0.1, -0.05) is 36.4 Å². The maximum absolute atomic E-state index is 12.9. The molecular weight excluding hydrogens is 384 g/mol. The van der Waals surface area contributed by atoms with E-state index in [1.54, 1.807) is 12.1 Å². The third-order valence-corrected chi connectivity index (χ3v) is 4.37. The van der Waals surface area contributed by atoms with E-state index in [-0.39, 0.29) is 18.1 Å². The Morgan fingerprint density at radius 3 is 2.67 bits per heavy atom. The molecule has 1 heterocycles. The zero-order valence-electron chi connectivity index (χ0n) is 16.4. The van der Waals surface area contributed by atoms with Crippen LogP contribution in [0.5, 0.6) is 0 Å². The van der Waals surface area contributed by atoms with E-state index in [9.17, 15) is 14.7 Å². The summed E-state index contributed by atoms with van der Waals surface area (Å²) in [6.45, 7) is 4.16. The zero-order chi connectivity index (χ0) is 21.3. The van der Waals surface area contributed by atoms with Gasteiger partial charge in [0.05, 0.1) is 11.8 Å². The first kappa shape index (κ1) is 20.9. The Hall–Kier alpha value is -3.87. The summed E-state index contributed by atoms with van der Waals surface area (Å²) in [4.78, 5) is 30.0. The number of hydrogen-bond donors (Lipinski definition) is 1. The molecule has 7 nitrogen and oxygen atoms in total. The molecule has 3 aromatic rings. The van der Waals surface area contributed by atoms with Gasteiger partial charge >= 0.3 is 12.1 Å². The number of carboxylic acids is 1. The fraction of sp³-hybridized carbons (Fsp3) is 0.174. The third-order valence-electron chi connectivity index (χ3n) is 4.37. The van der Waals surface area contributed by atoms with Crippen molar-refractivity contribution in [1.29, 1.82) is 0 Å². The number of anilines is 1. The first-order chi connectivity index (χ1) is 14.6. The van der Waals surface area contributed by atoms with E-state index in [1.807, 2.05) is 30.3 Å². The Kier molecular flexibility index (Phi) is 7.00. The molecule has 0 bridgehead atoms. The molecule has 0 saturated carbocycles. The highest BCUT2D eigenvalue weighted by molar-refractivity contribution is 5.94. The molecule has 0 aliphatic rings. The van der Waals surface area contributed by atoms with Gasteiger partial charge in [0, 0.05) is 17.8 Å². The highest BCUT2D eigenvalue weighted by Crippen LogP contribution is 2.27. The van der Waals surface area contributed by atoms with Crippen LogP contribution in [0.2, 0.25) is 0 Å². The Bertz CT molecular complexity index is 1000. The molecule has 1 N–H and O–H groups in total. The predicted octanol–water partition coefficient (Wildman–Crippen LogP) is 5.15. The van der Waals surface area contributed by atoms with Gasteiger partial charge in [0.15, 0.2) is 0 Å². The lowest BCUT2D eigenvalue weighted by atomic mass is 10.1. The van der Waals surface area contributed by atoms with Gasteiger partial charge < -0.3 is 14.3 Å². The van der Waals surface area contributed by atoms with E-state index in [0.29, 0.717) is 30.6 Å². The molecule has 154 valence electrons. The lowest BCUT2D eigenvalue weighted by Gasteiger charge is -2.23. The monoisotopic (exact) mass is 406 g/mol. The number of ether oxygens (including phenoxy) is 1. The van der Waals surface area contributed by atoms with Gasteiger partial charge in [-0.15, -0.1) is 6.58 Å². The van der Waals surface area contributed by atoms with Crippen molar-refractivity contribution in [2.75, 3.05) is 11.4 Å². The molecule has 7 heteroatoms. The van der Waals surface area contributed by atoms with Gasteiger partial charge in [0.1, 0.15) is 12.9 Å². The van der Waals surface area contributed by atoms with Gasteiger partial charge in [0.25, 0.3) is 0 Å². The molecule has 1 aromatic heterocycles. The van der Waals surface area contributed by atoms with Crippen LogP contribution >= 0.6 is 0 Å². The second kappa shape index (κ2) is 10.1. The molecule has 1 amide bonds. The zero-order valence-corrected chi connectivity index (χ0v) is 16.4. The number of benzene rings is 2. The van der Waals surface area contributed by atoms with Gasteiger partial charge in [-0.3, -0.25) is 4.90 Å². The minimum absolute atomic E-state index is 0.0188. The van der Waals surface area contributed by atoms with Crippen molar-refractivity contribution in [3.05, 3.63) is 84.8 Å². The maximum Gasteiger partial charge on any atom is 0.414 e. The number of carbonyl (C=O) groups is 2. The molecule has 0 fully saturated rings. The standard InChI is InChI=1S/C23H22N2O5/c1-2-3-7-11-25(23(28)30-16-17-8-5-4-6-9-17)20-14-18(21-24-10-12-29-21)13-19(15-20)22(26)27/h2,4-6,8-10,12-15H,1,3,7,11,16H2,(H,26,27). The van der Waals surface area contributed by atoms with Crippen LogP contribution < -0.4 is 4.90 Å². The number of oxazole rings is 1. The van der Waals surface area contributed by atoms with E-state index in [4.69, 9.17) is 9.15 Å². The highest BCUT2D eigenvalue weighted by Gasteiger charge is 2.21. The molecule has 0 aliphatic carbocycles. The van der Waals surface area contributed by atoms with E-state index in [0.717, 1.165) is 5.56 Å². The van der Waals surface area contributed by atoms with Gasteiger partial charge in [-0.25, -0.2) is 14.6 Å². The van der Waals surface area contributed by atoms with Crippen LogP contribution in [0.1, 0.15) is 28.8 Å². The average molecular weight is 406 g/mol. The SMILES string of the molecule is C=CCCCN(C(=O)OCc1ccccc1)c1cc(C(=O)O)cc(-c2ncco2)c1. The quantitative estimate of drug-likeness (QED) is 0.390. The number of carbonyl (C=O) groups excluding carboxylic acids is 1. The van der Waals surface area contributed by atoms with E-state index >= 15 is 0 Å². The molecule has 0 saturated heterocycles. The van der Waals surface area contributed by atoms with Crippen LogP contribution in [0.4, 0.5) is 10.5 Å². The molecule has 3 rings (SSSR count). The van der Waals surface area contributed by atoms with Crippen molar-refractivity contribution in [3.63, 3.8) is 0 Å². The van der Waals surface area contributed by atoms with E-state index in [1.165, 1.54) is 29.5 Å². The summed E-state index contributed by atoms with van der Waals surface area (Å²) >= 11 is 0. The van der Waals surface area contributed by atoms with E-state index < -0.39 is 12.1 Å². The highest BCUT2D eigenvalue weighted by atomic mass is 16.6. The molecular formula is C23H22N2O5. The lowest BCUT2D eigenvalue weighted by Crippen LogP contribution is -2.32. The second-order valence-corrected chi connectivity index (χ2v) is 6.53. The third kappa shape index (κ3) is 5.35. The second-order valence-electron chi connectivity index (χ2n) is 6.53. The minimum atomic E-state index is -1.12. The fourth-order valence-corrected chi connectivity index (χ4v) is 2.90. The number of allylic oxidation sites excluding steroid dienone is 1. The van der Waals surface area contributed by atoms with Crippen molar-refractivity contribution >= 4 is 17.7 Å². The summed E-state index contributed by atoms with van der Waals surface area (Å²) in [5, 5.41) is 9.52. The molecule has 30 heavy (non-hydrogen) atoms. The summed E-state index contributed by atoms with van der Waals surface area (Å²) in [5.41, 5.74) is 1.73. The maximum atomic E-state index is 12.9. The Morgan fingerprint density at radius 2 is 2.00 bits per heavy atom. The van der Waals surface area contributed by atoms with Crippen LogP contribution in [0, 0.1) is 0 Å². The number of aromatic nitrogens is 1. The lowest BCUT2D eigenvalue weighted by molar-refractivity contribution is 0.0696. The minimum Gasteiger partial charge on any atom is -0.478 e. The molecule has 0 aliphatic heterocycles. The summed E-state index contributed by atoms with van der Waals surface area (Å²) in [7, 11) is 0. The number of nitrogens with zero attached hydrogens (tertiary/aromatic N) is 2. The number of carboxylic acid groups (broad SMARTS) is 1. The van der Waals surface area contributed by atoms with Gasteiger partial charge in [-0.2, -0.15) is 0 Å². The predicted molar refractivity (Wildman–Crippen MR) is 112 cm³/mol. The summed E-state index contributed by atoms with van der Waals surface area (Å²) < 4.78 is 10.8. The normalized spacial score (nSPS) is 10.4. The van der Waals surface area contributed by atoms with E-state index in [2.05, 4.69) is 11.6 Å². The summed E-state index contributed by atoms with van der Waals surface area (Å²) in [5.74, 6) is -0.851. The number of hydrogen-bond acceptors (Lipinski definition) is 5. The van der Waals surface area contributed by atoms with Crippen LogP contribution in [-0.2, 0) is 11.3 Å². The molecule has 2 aromatic carbocycles. The average Bonchev–Trinajstić information content (AvgIpc) is 3.30. The summed E-state index contributed by atoms with van der Waals surface area (Å²) in [6, 6.07) is 13.9. The largest absolute Gasteiger partial charge is 0.478 e. The Balaban J connectivity index is 1.90. The van der Waals surface area contributed by atoms with Gasteiger partial charge in [0.2, 0.25) is 5.89 Å². The number of aromatic carboxylic acids is 1. The van der Waals surface area contributed by atoms with Crippen LogP contribution in [0.15, 0.2) is 78.1 Å². The number of amides is 1. The van der Waals surface area contributed by atoms with Gasteiger partial charge in [-0.05, 0) is 36.6 Å². The molecule has 0 spiro atoms. The molecule has 0 unspecified atom stereocenters. The van der Waals surface area contributed by atoms with Crippen molar-refractivity contribution < 1.29 is 23.8 Å². The molecule has 0 radical (unpaired) electrons. The van der Waals surface area contributed by atoms with Crippen molar-refractivity contribution in [2.45, 2.75) is 19.4 Å². The van der Waals surface area contributed by atoms with Crippen molar-refractivity contribution in [2.24, 2.45) is 0 Å². The topological polar surface area (TPSA) is 92.9 Å². The first-order valence-electron chi connectivity index (χ1n) is 9.46. The van der Waals surface area contributed by atoms with Crippen molar-refractivity contribution in [3.8, 4) is 11.5 Å². The molecule has 0 atom stereocenters. The number of unbranched alkanes of at least 4 members (excludes halogenated alkanes) is 1. The number of rotatable bonds is 9. The fourth-order valence-electron chi connectivity index (χ4n) is 2.90. The summed E-state index contributed by atoms with van der Waals surface area (Å²) in [6.07, 6.45) is 5.42. The van der Waals surface area contributed by atoms with Crippen LogP contribution in [0.25, 0.3) is 11.5 Å². The van der Waals surface area contributed by atoms with Crippen LogP contribution in [-0.4, -0.2) is 28.7 Å². The van der Waals surface area contributed by atoms with Crippen molar-refractivity contribution in [1.82, 2.24) is 4.98 Å². The smallest absolute Gasteiger partial charge is 0.414 e. The Labute approximate surface area is 174 Å². The first-order valence-corrected chi connectivity index (χ1v) is 9.46. The Morgan fingerprint density at radius 1 is 1.20 bits per heavy atom. The van der Waals surface area contributed by atoms with Crippen LogP contribution in [0.3, 0.4) is 0 Å².